The summed E-state index contributed by atoms with van der Waals surface area (Å²) in [5.74, 6) is -0.675. The van der Waals surface area contributed by atoms with E-state index in [-0.39, 0.29) is 35.9 Å². The smallest absolute Gasteiger partial charge is 0.254 e. The fourth-order valence-corrected chi connectivity index (χ4v) is 2.68. The second-order valence-electron chi connectivity index (χ2n) is 6.71. The van der Waals surface area contributed by atoms with E-state index < -0.39 is 6.04 Å². The van der Waals surface area contributed by atoms with E-state index in [4.69, 9.17) is 5.73 Å². The Bertz CT molecular complexity index is 669. The van der Waals surface area contributed by atoms with E-state index in [9.17, 15) is 19.5 Å². The number of piperazine rings is 1. The van der Waals surface area contributed by atoms with Gasteiger partial charge in [0, 0.05) is 31.7 Å². The van der Waals surface area contributed by atoms with Gasteiger partial charge in [0.15, 0.2) is 0 Å². The van der Waals surface area contributed by atoms with E-state index in [2.05, 4.69) is 5.32 Å². The number of hydrogen-bond acceptors (Lipinski definition) is 5. The van der Waals surface area contributed by atoms with Gasteiger partial charge in [-0.05, 0) is 24.1 Å². The molecule has 1 fully saturated rings. The van der Waals surface area contributed by atoms with Crippen LogP contribution in [-0.2, 0) is 9.59 Å². The van der Waals surface area contributed by atoms with Crippen molar-refractivity contribution in [1.82, 2.24) is 15.1 Å². The number of rotatable bonds is 5. The van der Waals surface area contributed by atoms with Crippen LogP contribution >= 0.6 is 0 Å². The van der Waals surface area contributed by atoms with Crippen LogP contribution in [0, 0.1) is 5.92 Å². The van der Waals surface area contributed by atoms with Crippen molar-refractivity contribution >= 4 is 17.7 Å². The minimum absolute atomic E-state index is 0.00270. The van der Waals surface area contributed by atoms with E-state index in [1.54, 1.807) is 21.9 Å². The number of carbonyl (C=O) groups is 3. The Balaban J connectivity index is 1.81. The highest BCUT2D eigenvalue weighted by Gasteiger charge is 2.25. The maximum Gasteiger partial charge on any atom is 0.254 e. The van der Waals surface area contributed by atoms with Crippen molar-refractivity contribution in [3.63, 3.8) is 0 Å². The van der Waals surface area contributed by atoms with Crippen LogP contribution in [0.4, 0.5) is 0 Å². The predicted molar refractivity (Wildman–Crippen MR) is 96.4 cm³/mol. The first-order valence-electron chi connectivity index (χ1n) is 8.69. The summed E-state index contributed by atoms with van der Waals surface area (Å²) in [6.45, 7) is 5.19. The summed E-state index contributed by atoms with van der Waals surface area (Å²) in [6, 6.07) is 5.56. The van der Waals surface area contributed by atoms with Gasteiger partial charge in [-0.25, -0.2) is 0 Å². The Morgan fingerprint density at radius 2 is 1.77 bits per heavy atom. The Kier molecular flexibility index (Phi) is 6.57. The highest BCUT2D eigenvalue weighted by Crippen LogP contribution is 2.14. The summed E-state index contributed by atoms with van der Waals surface area (Å²) in [5, 5.41) is 12.0. The van der Waals surface area contributed by atoms with Gasteiger partial charge in [0.05, 0.1) is 12.6 Å². The Labute approximate surface area is 152 Å². The number of carbonyl (C=O) groups excluding carboxylic acids is 3. The molecular weight excluding hydrogens is 336 g/mol. The van der Waals surface area contributed by atoms with Gasteiger partial charge in [0.25, 0.3) is 5.91 Å². The first kappa shape index (κ1) is 19.7. The molecule has 0 unspecified atom stereocenters. The summed E-state index contributed by atoms with van der Waals surface area (Å²) in [7, 11) is 0. The number of phenols is 1. The molecule has 8 heteroatoms. The normalized spacial score (nSPS) is 15.7. The fraction of sp³-hybridized carbons (Fsp3) is 0.500. The summed E-state index contributed by atoms with van der Waals surface area (Å²) in [5.41, 5.74) is 6.16. The molecule has 1 aromatic rings. The van der Waals surface area contributed by atoms with Crippen LogP contribution in [0.1, 0.15) is 24.2 Å². The van der Waals surface area contributed by atoms with E-state index in [0.717, 1.165) is 0 Å². The standard InChI is InChI=1S/C18H26N4O4/c1-12(2)16(19)17(25)20-11-15(24)21-6-8-22(9-7-21)18(26)13-4-3-5-14(23)10-13/h3-5,10,12,16,23H,6-9,11,19H2,1-2H3,(H,20,25)/t16-/m0/s1. The maximum absolute atomic E-state index is 12.4. The molecule has 4 N–H and O–H groups in total. The molecule has 1 aliphatic heterocycles. The maximum atomic E-state index is 12.4. The molecule has 2 rings (SSSR count). The van der Waals surface area contributed by atoms with Crippen LogP contribution in [0.3, 0.4) is 0 Å². The molecule has 0 bridgehead atoms. The lowest BCUT2D eigenvalue weighted by atomic mass is 10.1. The van der Waals surface area contributed by atoms with Crippen molar-refractivity contribution in [1.29, 1.82) is 0 Å². The van der Waals surface area contributed by atoms with Crippen LogP contribution in [0.5, 0.6) is 5.75 Å². The van der Waals surface area contributed by atoms with Gasteiger partial charge < -0.3 is 26.0 Å². The van der Waals surface area contributed by atoms with Gasteiger partial charge in [0.1, 0.15) is 5.75 Å². The summed E-state index contributed by atoms with van der Waals surface area (Å²) in [4.78, 5) is 39.7. The lowest BCUT2D eigenvalue weighted by Gasteiger charge is -2.35. The number of nitrogens with zero attached hydrogens (tertiary/aromatic N) is 2. The van der Waals surface area contributed by atoms with Crippen LogP contribution in [-0.4, -0.2) is 71.4 Å². The van der Waals surface area contributed by atoms with Gasteiger partial charge in [-0.3, -0.25) is 14.4 Å². The van der Waals surface area contributed by atoms with Crippen LogP contribution in [0.25, 0.3) is 0 Å². The van der Waals surface area contributed by atoms with Gasteiger partial charge in [-0.2, -0.15) is 0 Å². The third-order valence-corrected chi connectivity index (χ3v) is 4.45. The van der Waals surface area contributed by atoms with Gasteiger partial charge in [0.2, 0.25) is 11.8 Å². The second kappa shape index (κ2) is 8.66. The van der Waals surface area contributed by atoms with E-state index >= 15 is 0 Å². The van der Waals surface area contributed by atoms with E-state index in [1.807, 2.05) is 13.8 Å². The molecule has 0 radical (unpaired) electrons. The number of benzene rings is 1. The number of aromatic hydroxyl groups is 1. The zero-order chi connectivity index (χ0) is 19.3. The average Bonchev–Trinajstić information content (AvgIpc) is 2.64. The Morgan fingerprint density at radius 1 is 1.15 bits per heavy atom. The molecule has 0 aliphatic carbocycles. The highest BCUT2D eigenvalue weighted by molar-refractivity contribution is 5.95. The molecule has 26 heavy (non-hydrogen) atoms. The molecule has 1 aromatic carbocycles. The van der Waals surface area contributed by atoms with Crippen molar-refractivity contribution in [2.75, 3.05) is 32.7 Å². The third-order valence-electron chi connectivity index (χ3n) is 4.45. The molecule has 1 atom stereocenters. The van der Waals surface area contributed by atoms with Crippen molar-refractivity contribution in [2.45, 2.75) is 19.9 Å². The molecular formula is C18H26N4O4. The number of hydrogen-bond donors (Lipinski definition) is 3. The molecule has 3 amide bonds. The van der Waals surface area contributed by atoms with Gasteiger partial charge >= 0.3 is 0 Å². The number of amides is 3. The van der Waals surface area contributed by atoms with Crippen molar-refractivity contribution in [3.05, 3.63) is 29.8 Å². The van der Waals surface area contributed by atoms with E-state index in [1.165, 1.54) is 12.1 Å². The first-order valence-corrected chi connectivity index (χ1v) is 8.69. The fourth-order valence-electron chi connectivity index (χ4n) is 2.68. The van der Waals surface area contributed by atoms with Crippen LogP contribution < -0.4 is 11.1 Å². The number of nitrogens with two attached hydrogens (primary N) is 1. The van der Waals surface area contributed by atoms with E-state index in [0.29, 0.717) is 31.7 Å². The van der Waals surface area contributed by atoms with Gasteiger partial charge in [-0.1, -0.05) is 19.9 Å². The molecule has 0 spiro atoms. The molecule has 0 aromatic heterocycles. The molecule has 1 aliphatic rings. The van der Waals surface area contributed by atoms with Crippen molar-refractivity contribution in [2.24, 2.45) is 11.7 Å². The molecule has 0 saturated carbocycles. The van der Waals surface area contributed by atoms with Crippen LogP contribution in [0.2, 0.25) is 0 Å². The largest absolute Gasteiger partial charge is 0.508 e. The SMILES string of the molecule is CC(C)[C@H](N)C(=O)NCC(=O)N1CCN(C(=O)c2cccc(O)c2)CC1. The number of nitrogens with one attached hydrogen (secondary N) is 1. The van der Waals surface area contributed by atoms with Crippen molar-refractivity contribution < 1.29 is 19.5 Å². The number of phenolic OH excluding ortho intramolecular Hbond substituents is 1. The second-order valence-corrected chi connectivity index (χ2v) is 6.71. The minimum atomic E-state index is -0.639. The lowest BCUT2D eigenvalue weighted by molar-refractivity contribution is -0.134. The predicted octanol–water partition coefficient (Wildman–Crippen LogP) is -0.224. The lowest BCUT2D eigenvalue weighted by Crippen LogP contribution is -2.53. The summed E-state index contributed by atoms with van der Waals surface area (Å²) < 4.78 is 0. The molecule has 8 nitrogen and oxygen atoms in total. The van der Waals surface area contributed by atoms with Crippen LogP contribution in [0.15, 0.2) is 24.3 Å². The molecule has 142 valence electrons. The third kappa shape index (κ3) is 4.95. The zero-order valence-electron chi connectivity index (χ0n) is 15.1. The summed E-state index contributed by atoms with van der Waals surface area (Å²) in [6.07, 6.45) is 0. The van der Waals surface area contributed by atoms with Crippen molar-refractivity contribution in [3.8, 4) is 5.75 Å². The summed E-state index contributed by atoms with van der Waals surface area (Å²) >= 11 is 0. The first-order chi connectivity index (χ1) is 12.3. The monoisotopic (exact) mass is 362 g/mol. The topological polar surface area (TPSA) is 116 Å². The Morgan fingerprint density at radius 3 is 2.35 bits per heavy atom. The Hall–Kier alpha value is -2.61. The van der Waals surface area contributed by atoms with Gasteiger partial charge in [-0.15, -0.1) is 0 Å². The quantitative estimate of drug-likeness (QED) is 0.669. The minimum Gasteiger partial charge on any atom is -0.508 e. The zero-order valence-corrected chi connectivity index (χ0v) is 15.1. The molecule has 1 heterocycles. The molecule has 1 saturated heterocycles. The average molecular weight is 362 g/mol. The highest BCUT2D eigenvalue weighted by atomic mass is 16.3.